The predicted octanol–water partition coefficient (Wildman–Crippen LogP) is 2.81. The Morgan fingerprint density at radius 3 is 2.50 bits per heavy atom. The van der Waals surface area contributed by atoms with Crippen LogP contribution in [0.5, 0.6) is 0 Å². The second-order valence-corrected chi connectivity index (χ2v) is 3.85. The molecule has 0 amide bonds. The summed E-state index contributed by atoms with van der Waals surface area (Å²) < 4.78 is 0. The van der Waals surface area contributed by atoms with Gasteiger partial charge in [-0.05, 0) is 11.9 Å². The van der Waals surface area contributed by atoms with E-state index in [4.69, 9.17) is 22.9 Å². The standard InChI is InChI=1S/C9H11BCl2/c1-2-5-8-6-3-4-7-9(8)10(11)12/h3-4,6-7H,2,5H2,1H3. The van der Waals surface area contributed by atoms with Crippen molar-refractivity contribution in [3.63, 3.8) is 0 Å². The van der Waals surface area contributed by atoms with Crippen molar-refractivity contribution in [1.29, 1.82) is 0 Å². The van der Waals surface area contributed by atoms with Crippen molar-refractivity contribution in [2.24, 2.45) is 0 Å². The van der Waals surface area contributed by atoms with E-state index in [2.05, 4.69) is 13.0 Å². The molecule has 0 aliphatic carbocycles. The average molecular weight is 201 g/mol. The lowest BCUT2D eigenvalue weighted by atomic mass is 9.86. The number of aryl methyl sites for hydroxylation is 1. The van der Waals surface area contributed by atoms with Gasteiger partial charge in [-0.25, -0.2) is 0 Å². The highest BCUT2D eigenvalue weighted by Gasteiger charge is 2.12. The molecular weight excluding hydrogens is 190 g/mol. The smallest absolute Gasteiger partial charge is 0.165 e. The Balaban J connectivity index is 2.92. The molecule has 3 heteroatoms. The zero-order valence-corrected chi connectivity index (χ0v) is 8.57. The van der Waals surface area contributed by atoms with E-state index in [-0.39, 0.29) is 0 Å². The summed E-state index contributed by atoms with van der Waals surface area (Å²) in [5, 5.41) is 0. The second-order valence-electron chi connectivity index (χ2n) is 2.75. The third-order valence-electron chi connectivity index (χ3n) is 1.81. The quantitative estimate of drug-likeness (QED) is 0.659. The van der Waals surface area contributed by atoms with Crippen molar-refractivity contribution in [3.8, 4) is 0 Å². The van der Waals surface area contributed by atoms with Gasteiger partial charge in [0.15, 0.2) is 0 Å². The van der Waals surface area contributed by atoms with E-state index in [9.17, 15) is 0 Å². The second kappa shape index (κ2) is 4.79. The van der Waals surface area contributed by atoms with Crippen LogP contribution in [-0.4, -0.2) is 5.54 Å². The first-order valence-corrected chi connectivity index (χ1v) is 4.99. The van der Waals surface area contributed by atoms with Gasteiger partial charge in [0.1, 0.15) is 0 Å². The van der Waals surface area contributed by atoms with Crippen LogP contribution >= 0.6 is 22.9 Å². The summed E-state index contributed by atoms with van der Waals surface area (Å²) in [4.78, 5) is 0. The Labute approximate surface area is 83.8 Å². The molecule has 0 heterocycles. The molecule has 0 aliphatic heterocycles. The Kier molecular flexibility index (Phi) is 3.97. The maximum absolute atomic E-state index is 5.81. The van der Waals surface area contributed by atoms with Crippen molar-refractivity contribution in [1.82, 2.24) is 0 Å². The number of hydrogen-bond donors (Lipinski definition) is 0. The van der Waals surface area contributed by atoms with E-state index in [1.807, 2.05) is 18.2 Å². The molecule has 0 spiro atoms. The zero-order chi connectivity index (χ0) is 8.97. The molecule has 0 N–H and O–H groups in total. The minimum absolute atomic E-state index is 0.396. The summed E-state index contributed by atoms with van der Waals surface area (Å²) in [6.07, 6.45) is 2.17. The van der Waals surface area contributed by atoms with Crippen molar-refractivity contribution in [3.05, 3.63) is 29.8 Å². The van der Waals surface area contributed by atoms with Crippen LogP contribution in [-0.2, 0) is 6.42 Å². The fourth-order valence-corrected chi connectivity index (χ4v) is 1.67. The Bertz CT molecular complexity index is 248. The van der Waals surface area contributed by atoms with Gasteiger partial charge in [-0.2, -0.15) is 22.9 Å². The Hall–Kier alpha value is -0.135. The molecule has 64 valence electrons. The monoisotopic (exact) mass is 200 g/mol. The van der Waals surface area contributed by atoms with E-state index in [0.717, 1.165) is 18.3 Å². The molecule has 0 radical (unpaired) electrons. The number of benzene rings is 1. The molecule has 0 fully saturated rings. The van der Waals surface area contributed by atoms with Crippen LogP contribution in [0.1, 0.15) is 18.9 Å². The van der Waals surface area contributed by atoms with E-state index < -0.39 is 5.54 Å². The third-order valence-corrected chi connectivity index (χ3v) is 2.28. The van der Waals surface area contributed by atoms with Gasteiger partial charge in [0.05, 0.1) is 0 Å². The minimum Gasteiger partial charge on any atom is -0.165 e. The van der Waals surface area contributed by atoms with Gasteiger partial charge < -0.3 is 0 Å². The third kappa shape index (κ3) is 2.43. The lowest BCUT2D eigenvalue weighted by Crippen LogP contribution is -2.22. The summed E-state index contributed by atoms with van der Waals surface area (Å²) >= 11 is 11.6. The normalized spacial score (nSPS) is 9.92. The molecule has 0 nitrogen and oxygen atoms in total. The molecule has 0 saturated heterocycles. The Morgan fingerprint density at radius 2 is 1.92 bits per heavy atom. The highest BCUT2D eigenvalue weighted by molar-refractivity contribution is 7.39. The van der Waals surface area contributed by atoms with Gasteiger partial charge in [0.2, 0.25) is 0 Å². The predicted molar refractivity (Wildman–Crippen MR) is 57.5 cm³/mol. The number of rotatable bonds is 3. The van der Waals surface area contributed by atoms with Gasteiger partial charge in [-0.1, -0.05) is 43.2 Å². The van der Waals surface area contributed by atoms with Gasteiger partial charge in [0.25, 0.3) is 0 Å². The molecule has 1 aromatic rings. The molecule has 0 aliphatic rings. The van der Waals surface area contributed by atoms with Crippen LogP contribution in [0.4, 0.5) is 0 Å². The summed E-state index contributed by atoms with van der Waals surface area (Å²) in [7, 11) is 0. The summed E-state index contributed by atoms with van der Waals surface area (Å²) in [6.45, 7) is 2.15. The van der Waals surface area contributed by atoms with Crippen molar-refractivity contribution < 1.29 is 0 Å². The van der Waals surface area contributed by atoms with Crippen LogP contribution in [0.3, 0.4) is 0 Å². The maximum Gasteiger partial charge on any atom is 0.383 e. The first-order chi connectivity index (χ1) is 5.75. The van der Waals surface area contributed by atoms with Crippen LogP contribution in [0, 0.1) is 0 Å². The highest BCUT2D eigenvalue weighted by atomic mass is 35.5. The van der Waals surface area contributed by atoms with Gasteiger partial charge in [0, 0.05) is 0 Å². The molecule has 12 heavy (non-hydrogen) atoms. The van der Waals surface area contributed by atoms with Crippen molar-refractivity contribution >= 4 is 33.9 Å². The largest absolute Gasteiger partial charge is 0.383 e. The molecular formula is C9H11BCl2. The summed E-state index contributed by atoms with van der Waals surface area (Å²) in [5.74, 6) is 0. The SMILES string of the molecule is CCCc1ccccc1B(Cl)Cl. The summed E-state index contributed by atoms with van der Waals surface area (Å²) in [5.41, 5.74) is 1.91. The van der Waals surface area contributed by atoms with E-state index in [1.54, 1.807) is 0 Å². The van der Waals surface area contributed by atoms with Crippen molar-refractivity contribution in [2.45, 2.75) is 19.8 Å². The first kappa shape index (κ1) is 9.95. The number of hydrogen-bond acceptors (Lipinski definition) is 0. The Morgan fingerprint density at radius 1 is 1.25 bits per heavy atom. The van der Waals surface area contributed by atoms with Crippen molar-refractivity contribution in [2.75, 3.05) is 0 Å². The van der Waals surface area contributed by atoms with E-state index >= 15 is 0 Å². The summed E-state index contributed by atoms with van der Waals surface area (Å²) in [6, 6.07) is 8.04. The highest BCUT2D eigenvalue weighted by Crippen LogP contribution is 2.05. The molecule has 0 saturated carbocycles. The maximum atomic E-state index is 5.81. The molecule has 1 rings (SSSR count). The van der Waals surface area contributed by atoms with Gasteiger partial charge in [-0.15, -0.1) is 0 Å². The molecule has 1 aromatic carbocycles. The molecule has 0 bridgehead atoms. The van der Waals surface area contributed by atoms with Crippen LogP contribution in [0.2, 0.25) is 0 Å². The fraction of sp³-hybridized carbons (Fsp3) is 0.333. The lowest BCUT2D eigenvalue weighted by Gasteiger charge is -2.06. The number of halogens is 2. The van der Waals surface area contributed by atoms with Crippen LogP contribution < -0.4 is 5.46 Å². The molecule has 0 unspecified atom stereocenters. The topological polar surface area (TPSA) is 0 Å². The first-order valence-electron chi connectivity index (χ1n) is 4.11. The molecule has 0 aromatic heterocycles. The lowest BCUT2D eigenvalue weighted by molar-refractivity contribution is 0.927. The van der Waals surface area contributed by atoms with E-state index in [1.165, 1.54) is 5.56 Å². The van der Waals surface area contributed by atoms with E-state index in [0.29, 0.717) is 0 Å². The van der Waals surface area contributed by atoms with Gasteiger partial charge >= 0.3 is 5.54 Å². The van der Waals surface area contributed by atoms with Crippen LogP contribution in [0.15, 0.2) is 24.3 Å². The average Bonchev–Trinajstić information content (AvgIpc) is 2.05. The van der Waals surface area contributed by atoms with Crippen LogP contribution in [0.25, 0.3) is 0 Å². The fourth-order valence-electron chi connectivity index (χ4n) is 1.24. The van der Waals surface area contributed by atoms with Gasteiger partial charge in [-0.3, -0.25) is 0 Å². The molecule has 0 atom stereocenters. The zero-order valence-electron chi connectivity index (χ0n) is 7.06. The minimum atomic E-state index is -0.396.